The molecule has 1 aromatic rings. The zero-order chi connectivity index (χ0) is 11.9. The Hall–Kier alpha value is -1.79. The monoisotopic (exact) mass is 224 g/mol. The highest BCUT2D eigenvalue weighted by Crippen LogP contribution is 2.33. The molecule has 0 saturated heterocycles. The summed E-state index contributed by atoms with van der Waals surface area (Å²) < 4.78 is 10.4. The van der Waals surface area contributed by atoms with Gasteiger partial charge < -0.3 is 19.9 Å². The number of hydrogen-bond donors (Lipinski definition) is 1. The number of hydrogen-bond acceptors (Lipinski definition) is 6. The minimum absolute atomic E-state index is 0.0565. The van der Waals surface area contributed by atoms with Crippen LogP contribution >= 0.6 is 0 Å². The van der Waals surface area contributed by atoms with Gasteiger partial charge in [-0.1, -0.05) is 0 Å². The first-order valence-electron chi connectivity index (χ1n) is 4.61. The van der Waals surface area contributed by atoms with Crippen molar-refractivity contribution in [3.05, 3.63) is 29.0 Å². The zero-order valence-electron chi connectivity index (χ0n) is 8.76. The lowest BCUT2D eigenvalue weighted by molar-refractivity contribution is -0.127. The van der Waals surface area contributed by atoms with Gasteiger partial charge in [0.15, 0.2) is 0 Å². The Morgan fingerprint density at radius 2 is 2.06 bits per heavy atom. The molecule has 0 radical (unpaired) electrons. The van der Waals surface area contributed by atoms with Crippen LogP contribution in [0.5, 0.6) is 5.75 Å². The van der Waals surface area contributed by atoms with Crippen LogP contribution in [0.2, 0.25) is 0 Å². The molecule has 6 nitrogen and oxygen atoms in total. The predicted octanol–water partition coefficient (Wildman–Crippen LogP) is 1.67. The molecule has 0 unspecified atom stereocenters. The molecule has 1 aliphatic heterocycles. The second kappa shape index (κ2) is 3.36. The van der Waals surface area contributed by atoms with Crippen molar-refractivity contribution in [1.82, 2.24) is 0 Å². The first-order chi connectivity index (χ1) is 7.39. The van der Waals surface area contributed by atoms with Gasteiger partial charge in [-0.3, -0.25) is 5.21 Å². The Kier molecular flexibility index (Phi) is 2.25. The molecule has 0 amide bonds. The van der Waals surface area contributed by atoms with Crippen LogP contribution in [0.3, 0.4) is 0 Å². The van der Waals surface area contributed by atoms with Crippen molar-refractivity contribution in [3.8, 4) is 5.75 Å². The molecule has 16 heavy (non-hydrogen) atoms. The topological polar surface area (TPSA) is 82.1 Å². The number of ether oxygens (including phenoxy) is 2. The minimum atomic E-state index is -1.03. The highest BCUT2D eigenvalue weighted by molar-refractivity contribution is 5.94. The van der Waals surface area contributed by atoms with E-state index in [4.69, 9.17) is 14.7 Å². The summed E-state index contributed by atoms with van der Waals surface area (Å²) in [6, 6.07) is 3.99. The fraction of sp³-hybridized carbons (Fsp3) is 0.300. The van der Waals surface area contributed by atoms with Crippen LogP contribution in [0.1, 0.15) is 24.2 Å². The van der Waals surface area contributed by atoms with Gasteiger partial charge in [-0.25, -0.2) is 4.79 Å². The van der Waals surface area contributed by atoms with E-state index < -0.39 is 11.8 Å². The lowest BCUT2D eigenvalue weighted by Crippen LogP contribution is -2.38. The summed E-state index contributed by atoms with van der Waals surface area (Å²) in [7, 11) is 0. The Bertz CT molecular complexity index is 441. The van der Waals surface area contributed by atoms with Crippen LogP contribution in [-0.2, 0) is 4.74 Å². The normalized spacial score (nSPS) is 17.1. The van der Waals surface area contributed by atoms with E-state index in [-0.39, 0.29) is 16.5 Å². The molecule has 1 N–H and O–H groups in total. The number of carbonyl (C=O) groups is 1. The summed E-state index contributed by atoms with van der Waals surface area (Å²) in [6.07, 6.45) is 0. The van der Waals surface area contributed by atoms with E-state index in [0.29, 0.717) is 5.75 Å². The van der Waals surface area contributed by atoms with Crippen LogP contribution < -0.4 is 9.96 Å². The summed E-state index contributed by atoms with van der Waals surface area (Å²) in [5, 5.41) is 19.0. The van der Waals surface area contributed by atoms with Gasteiger partial charge in [0, 0.05) is 13.8 Å². The van der Waals surface area contributed by atoms with Crippen LogP contribution in [0.25, 0.3) is 0 Å². The third-order valence-corrected chi connectivity index (χ3v) is 2.10. The van der Waals surface area contributed by atoms with E-state index in [1.165, 1.54) is 18.2 Å². The van der Waals surface area contributed by atoms with E-state index in [9.17, 15) is 10.0 Å². The minimum Gasteiger partial charge on any atom is -0.733 e. The molecule has 0 bridgehead atoms. The fourth-order valence-corrected chi connectivity index (χ4v) is 1.45. The van der Waals surface area contributed by atoms with E-state index in [0.717, 1.165) is 0 Å². The number of cyclic esters (lactones) is 1. The molecule has 86 valence electrons. The van der Waals surface area contributed by atoms with Gasteiger partial charge in [0.2, 0.25) is 5.79 Å². The molecule has 0 spiro atoms. The quantitative estimate of drug-likeness (QED) is 0.577. The number of esters is 1. The Morgan fingerprint density at radius 3 is 2.69 bits per heavy atom. The van der Waals surface area contributed by atoms with Crippen LogP contribution in [0, 0.1) is 5.21 Å². The molecule has 1 heterocycles. The summed E-state index contributed by atoms with van der Waals surface area (Å²) in [5.41, 5.74) is 0.0609. The Balaban J connectivity index is 2.45. The molecule has 6 heteroatoms. The number of benzene rings is 1. The zero-order valence-corrected chi connectivity index (χ0v) is 8.76. The molecule has 0 aliphatic carbocycles. The molecule has 0 saturated carbocycles. The maximum atomic E-state index is 11.6. The molecular formula is C10H10NO5-. The predicted molar refractivity (Wildman–Crippen MR) is 54.2 cm³/mol. The average Bonchev–Trinajstić information content (AvgIpc) is 2.15. The maximum absolute atomic E-state index is 11.6. The van der Waals surface area contributed by atoms with E-state index >= 15 is 0 Å². The summed E-state index contributed by atoms with van der Waals surface area (Å²) in [5.74, 6) is -1.29. The fourth-order valence-electron chi connectivity index (χ4n) is 1.45. The lowest BCUT2D eigenvalue weighted by atomic mass is 10.1. The van der Waals surface area contributed by atoms with Crippen molar-refractivity contribution in [3.63, 3.8) is 0 Å². The Morgan fingerprint density at radius 1 is 1.38 bits per heavy atom. The number of fused-ring (bicyclic) bond motifs is 1. The third-order valence-electron chi connectivity index (χ3n) is 2.10. The van der Waals surface area contributed by atoms with Crippen molar-refractivity contribution in [2.24, 2.45) is 0 Å². The van der Waals surface area contributed by atoms with Gasteiger partial charge in [0.25, 0.3) is 0 Å². The van der Waals surface area contributed by atoms with Crippen molar-refractivity contribution in [2.75, 3.05) is 5.23 Å². The third kappa shape index (κ3) is 1.80. The van der Waals surface area contributed by atoms with Gasteiger partial charge in [0.05, 0.1) is 5.69 Å². The van der Waals surface area contributed by atoms with E-state index in [2.05, 4.69) is 0 Å². The molecule has 0 atom stereocenters. The number of carbonyl (C=O) groups excluding carboxylic acids is 1. The van der Waals surface area contributed by atoms with E-state index in [1.807, 2.05) is 0 Å². The summed E-state index contributed by atoms with van der Waals surface area (Å²) in [4.78, 5) is 11.6. The van der Waals surface area contributed by atoms with E-state index in [1.54, 1.807) is 13.8 Å². The van der Waals surface area contributed by atoms with Gasteiger partial charge in [-0.15, -0.1) is 0 Å². The summed E-state index contributed by atoms with van der Waals surface area (Å²) in [6.45, 7) is 3.21. The summed E-state index contributed by atoms with van der Waals surface area (Å²) >= 11 is 0. The standard InChI is InChI=1S/C10H10NO5/c1-10(2)15-8-4-3-6(11(13)14)5-7(8)9(12)16-10/h3-5,13H,1-2H3/q-1. The molecule has 1 aliphatic rings. The second-order valence-electron chi connectivity index (χ2n) is 3.84. The average molecular weight is 224 g/mol. The maximum Gasteiger partial charge on any atom is 0.345 e. The van der Waals surface area contributed by atoms with Gasteiger partial charge in [-0.2, -0.15) is 0 Å². The number of rotatable bonds is 1. The lowest BCUT2D eigenvalue weighted by Gasteiger charge is -2.32. The molecule has 0 aromatic heterocycles. The molecule has 0 fully saturated rings. The van der Waals surface area contributed by atoms with Gasteiger partial charge in [0.1, 0.15) is 11.3 Å². The van der Waals surface area contributed by atoms with Crippen LogP contribution in [0.15, 0.2) is 18.2 Å². The number of nitrogens with zero attached hydrogens (tertiary/aromatic N) is 1. The second-order valence-corrected chi connectivity index (χ2v) is 3.84. The molecule has 2 rings (SSSR count). The molecule has 1 aromatic carbocycles. The van der Waals surface area contributed by atoms with Crippen molar-refractivity contribution in [2.45, 2.75) is 19.6 Å². The SMILES string of the molecule is CC1(C)OC(=O)c2cc(N([O-])O)ccc2O1. The van der Waals surface area contributed by atoms with Crippen molar-refractivity contribution in [1.29, 1.82) is 0 Å². The first kappa shape index (κ1) is 10.7. The smallest absolute Gasteiger partial charge is 0.345 e. The van der Waals surface area contributed by atoms with Crippen molar-refractivity contribution < 1.29 is 19.5 Å². The van der Waals surface area contributed by atoms with Gasteiger partial charge >= 0.3 is 5.97 Å². The molecular weight excluding hydrogens is 214 g/mol. The number of anilines is 1. The highest BCUT2D eigenvalue weighted by Gasteiger charge is 2.33. The highest BCUT2D eigenvalue weighted by atomic mass is 16.8. The van der Waals surface area contributed by atoms with Crippen LogP contribution in [-0.4, -0.2) is 17.0 Å². The first-order valence-corrected chi connectivity index (χ1v) is 4.61. The van der Waals surface area contributed by atoms with Crippen LogP contribution in [0.4, 0.5) is 5.69 Å². The van der Waals surface area contributed by atoms with Crippen molar-refractivity contribution >= 4 is 11.7 Å². The largest absolute Gasteiger partial charge is 0.733 e. The Labute approximate surface area is 91.5 Å². The van der Waals surface area contributed by atoms with Gasteiger partial charge in [-0.05, 0) is 18.2 Å².